The van der Waals surface area contributed by atoms with Crippen LogP contribution < -0.4 is 5.56 Å². The van der Waals surface area contributed by atoms with Crippen molar-refractivity contribution in [3.05, 3.63) is 65.5 Å². The number of halogens is 1. The molecule has 0 spiro atoms. The van der Waals surface area contributed by atoms with Crippen LogP contribution in [0.15, 0.2) is 59.3 Å². The van der Waals surface area contributed by atoms with Crippen LogP contribution in [0.3, 0.4) is 0 Å². The first-order valence-electron chi connectivity index (χ1n) is 6.67. The van der Waals surface area contributed by atoms with Gasteiger partial charge in [0.05, 0.1) is 5.69 Å². The zero-order valence-corrected chi connectivity index (χ0v) is 12.5. The lowest BCUT2D eigenvalue weighted by Crippen LogP contribution is -2.20. The average Bonchev–Trinajstić information content (AvgIpc) is 2.92. The summed E-state index contributed by atoms with van der Waals surface area (Å²) >= 11 is 1.50. The molecule has 0 saturated heterocycles. The lowest BCUT2D eigenvalue weighted by atomic mass is 10.3. The van der Waals surface area contributed by atoms with Crippen LogP contribution in [0.25, 0.3) is 11.3 Å². The van der Waals surface area contributed by atoms with Crippen molar-refractivity contribution in [3.63, 3.8) is 0 Å². The minimum Gasteiger partial charge on any atom is -0.279 e. The first-order valence-corrected chi connectivity index (χ1v) is 7.65. The summed E-state index contributed by atoms with van der Waals surface area (Å²) in [7, 11) is 0. The van der Waals surface area contributed by atoms with E-state index in [0.29, 0.717) is 10.8 Å². The molecule has 22 heavy (non-hydrogen) atoms. The Morgan fingerprint density at radius 1 is 1.32 bits per heavy atom. The second-order valence-electron chi connectivity index (χ2n) is 4.56. The van der Waals surface area contributed by atoms with Crippen LogP contribution in [0.4, 0.5) is 4.39 Å². The van der Waals surface area contributed by atoms with Gasteiger partial charge in [0.1, 0.15) is 5.82 Å². The second kappa shape index (κ2) is 6.15. The Labute approximate surface area is 130 Å². The maximum absolute atomic E-state index is 13.3. The summed E-state index contributed by atoms with van der Waals surface area (Å²) in [5.74, 6) is 0.420. The molecule has 0 radical (unpaired) electrons. The highest BCUT2D eigenvalue weighted by Gasteiger charge is 2.11. The molecular formula is C15H13FN4OS. The van der Waals surface area contributed by atoms with Crippen molar-refractivity contribution < 1.29 is 4.39 Å². The van der Waals surface area contributed by atoms with E-state index in [0.717, 1.165) is 12.2 Å². The van der Waals surface area contributed by atoms with Crippen molar-refractivity contribution in [3.8, 4) is 5.69 Å². The zero-order valence-electron chi connectivity index (χ0n) is 11.6. The molecule has 0 aliphatic carbocycles. The van der Waals surface area contributed by atoms with E-state index >= 15 is 0 Å². The van der Waals surface area contributed by atoms with Gasteiger partial charge in [-0.3, -0.25) is 13.8 Å². The predicted octanol–water partition coefficient (Wildman–Crippen LogP) is 2.69. The molecule has 3 rings (SSSR count). The number of hydrogen-bond donors (Lipinski definition) is 0. The van der Waals surface area contributed by atoms with Gasteiger partial charge in [-0.05, 0) is 24.6 Å². The van der Waals surface area contributed by atoms with E-state index in [4.69, 9.17) is 0 Å². The third kappa shape index (κ3) is 2.67. The van der Waals surface area contributed by atoms with Gasteiger partial charge in [0.25, 0.3) is 0 Å². The molecule has 0 amide bonds. The molecule has 0 fully saturated rings. The van der Waals surface area contributed by atoms with Crippen LogP contribution in [0, 0.1) is 5.82 Å². The average molecular weight is 316 g/mol. The highest BCUT2D eigenvalue weighted by Crippen LogP contribution is 2.17. The van der Waals surface area contributed by atoms with Crippen LogP contribution in [-0.4, -0.2) is 24.9 Å². The van der Waals surface area contributed by atoms with E-state index in [1.54, 1.807) is 28.9 Å². The van der Waals surface area contributed by atoms with Crippen LogP contribution >= 0.6 is 11.8 Å². The Morgan fingerprint density at radius 3 is 2.95 bits per heavy atom. The van der Waals surface area contributed by atoms with E-state index in [2.05, 4.69) is 16.8 Å². The smallest absolute Gasteiger partial charge is 0.279 e. The number of rotatable bonds is 5. The fraction of sp³-hybridized carbons (Fsp3) is 0.133. The minimum absolute atomic E-state index is 0.216. The van der Waals surface area contributed by atoms with Gasteiger partial charge < -0.3 is 0 Å². The van der Waals surface area contributed by atoms with Crippen molar-refractivity contribution in [2.45, 2.75) is 11.6 Å². The topological polar surface area (TPSA) is 52.2 Å². The summed E-state index contributed by atoms with van der Waals surface area (Å²) < 4.78 is 16.3. The van der Waals surface area contributed by atoms with E-state index in [9.17, 15) is 9.18 Å². The first kappa shape index (κ1) is 14.5. The fourth-order valence-corrected chi connectivity index (χ4v) is 2.88. The lowest BCUT2D eigenvalue weighted by molar-refractivity contribution is 0.626. The highest BCUT2D eigenvalue weighted by molar-refractivity contribution is 7.99. The normalized spacial score (nSPS) is 11.0. The van der Waals surface area contributed by atoms with Gasteiger partial charge in [-0.25, -0.2) is 4.39 Å². The number of nitrogens with zero attached hydrogens (tertiary/aromatic N) is 4. The molecule has 0 aliphatic heterocycles. The van der Waals surface area contributed by atoms with Crippen LogP contribution in [0.1, 0.15) is 6.42 Å². The number of allylic oxidation sites excluding steroid dienone is 1. The van der Waals surface area contributed by atoms with Crippen molar-refractivity contribution in [1.82, 2.24) is 19.2 Å². The van der Waals surface area contributed by atoms with Crippen LogP contribution in [0.5, 0.6) is 0 Å². The van der Waals surface area contributed by atoms with Gasteiger partial charge >= 0.3 is 5.56 Å². The summed E-state index contributed by atoms with van der Waals surface area (Å²) in [4.78, 5) is 12.5. The number of fused-ring (bicyclic) bond motifs is 1. The summed E-state index contributed by atoms with van der Waals surface area (Å²) in [6, 6.07) is 5.85. The highest BCUT2D eigenvalue weighted by atomic mass is 32.2. The molecule has 5 nitrogen and oxygen atoms in total. The number of aromatic nitrogens is 4. The maximum Gasteiger partial charge on any atom is 0.300 e. The van der Waals surface area contributed by atoms with E-state index in [1.807, 2.05) is 6.08 Å². The Bertz CT molecular complexity index is 887. The van der Waals surface area contributed by atoms with Crippen LogP contribution in [0.2, 0.25) is 0 Å². The molecule has 0 bridgehead atoms. The van der Waals surface area contributed by atoms with E-state index in [1.165, 1.54) is 28.5 Å². The van der Waals surface area contributed by atoms with Gasteiger partial charge in [-0.2, -0.15) is 0 Å². The summed E-state index contributed by atoms with van der Waals surface area (Å²) in [5, 5.41) is 8.63. The Morgan fingerprint density at radius 2 is 2.18 bits per heavy atom. The molecule has 2 aromatic heterocycles. The molecule has 0 saturated carbocycles. The standard InChI is InChI=1S/C15H13FN4OS/c1-2-3-9-22-15-18-17-13-14(21)19(7-8-20(13)15)12-6-4-5-11(16)10-12/h2,4-8,10H,1,3,9H2. The van der Waals surface area contributed by atoms with Gasteiger partial charge in [-0.1, -0.05) is 23.9 Å². The monoisotopic (exact) mass is 316 g/mol. The van der Waals surface area contributed by atoms with Gasteiger partial charge in [0.15, 0.2) is 5.16 Å². The summed E-state index contributed by atoms with van der Waals surface area (Å²) in [6.07, 6.45) is 5.97. The molecule has 7 heteroatoms. The van der Waals surface area contributed by atoms with E-state index < -0.39 is 5.82 Å². The second-order valence-corrected chi connectivity index (χ2v) is 5.62. The maximum atomic E-state index is 13.3. The quantitative estimate of drug-likeness (QED) is 0.412. The van der Waals surface area contributed by atoms with Gasteiger partial charge in [-0.15, -0.1) is 16.8 Å². The van der Waals surface area contributed by atoms with E-state index in [-0.39, 0.29) is 11.2 Å². The summed E-state index contributed by atoms with van der Waals surface area (Å²) in [5.41, 5.74) is 0.334. The van der Waals surface area contributed by atoms with Crippen molar-refractivity contribution in [2.75, 3.05) is 5.75 Å². The SMILES string of the molecule is C=CCCSc1nnc2c(=O)n(-c3cccc(F)c3)ccn12. The molecule has 3 aromatic rings. The van der Waals surface area contributed by atoms with Crippen molar-refractivity contribution >= 4 is 17.4 Å². The van der Waals surface area contributed by atoms with Crippen LogP contribution in [-0.2, 0) is 0 Å². The molecule has 0 N–H and O–H groups in total. The van der Waals surface area contributed by atoms with Crippen molar-refractivity contribution in [2.24, 2.45) is 0 Å². The fourth-order valence-electron chi connectivity index (χ4n) is 2.03. The molecule has 1 aromatic carbocycles. The first-order chi connectivity index (χ1) is 10.7. The molecule has 0 aliphatic rings. The Hall–Kier alpha value is -2.41. The number of hydrogen-bond acceptors (Lipinski definition) is 4. The molecule has 112 valence electrons. The van der Waals surface area contributed by atoms with Gasteiger partial charge in [0.2, 0.25) is 5.65 Å². The third-order valence-corrected chi connectivity index (χ3v) is 4.06. The predicted molar refractivity (Wildman–Crippen MR) is 84.1 cm³/mol. The molecule has 0 unspecified atom stereocenters. The lowest BCUT2D eigenvalue weighted by Gasteiger charge is -2.06. The Kier molecular flexibility index (Phi) is 4.06. The Balaban J connectivity index is 2.04. The minimum atomic E-state index is -0.397. The molecule has 2 heterocycles. The number of benzene rings is 1. The molecule has 0 atom stereocenters. The zero-order chi connectivity index (χ0) is 15.5. The van der Waals surface area contributed by atoms with Gasteiger partial charge in [0, 0.05) is 18.1 Å². The summed E-state index contributed by atoms with van der Waals surface area (Å²) in [6.45, 7) is 3.67. The van der Waals surface area contributed by atoms with Crippen molar-refractivity contribution in [1.29, 1.82) is 0 Å². The number of thioether (sulfide) groups is 1. The largest absolute Gasteiger partial charge is 0.300 e. The third-order valence-electron chi connectivity index (χ3n) is 3.08. The molecular weight excluding hydrogens is 303 g/mol.